The van der Waals surface area contributed by atoms with Gasteiger partial charge in [0.05, 0.1) is 29.9 Å². The second-order valence-corrected chi connectivity index (χ2v) is 7.14. The summed E-state index contributed by atoms with van der Waals surface area (Å²) in [5, 5.41) is 7.06. The van der Waals surface area contributed by atoms with Crippen molar-refractivity contribution in [3.63, 3.8) is 0 Å². The maximum atomic E-state index is 12.7. The van der Waals surface area contributed by atoms with Gasteiger partial charge >= 0.3 is 6.03 Å². The Bertz CT molecular complexity index is 974. The summed E-state index contributed by atoms with van der Waals surface area (Å²) in [6.07, 6.45) is 2.54. The lowest BCUT2D eigenvalue weighted by Crippen LogP contribution is -2.40. The fourth-order valence-electron chi connectivity index (χ4n) is 3.95. The van der Waals surface area contributed by atoms with Crippen LogP contribution in [0.4, 0.5) is 4.79 Å². The maximum absolute atomic E-state index is 12.7. The first kappa shape index (κ1) is 18.3. The molecular formula is C20H25N5O3. The van der Waals surface area contributed by atoms with Crippen LogP contribution in [0, 0.1) is 13.8 Å². The number of amides is 2. The standard InChI is InChI=1S/C20H25N5O3/c1-12-19(13(2)28-24-12)17-5-4-10-25(17)20(26)21-9-8-18-22-15-7-6-14(27-3)11-16(15)23-18/h6-7,11,17H,4-5,8-10H2,1-3H3,(H,21,26)(H,22,23)/t17-/m1/s1. The number of ether oxygens (including phenoxy) is 1. The Labute approximate surface area is 163 Å². The Kier molecular flexibility index (Phi) is 4.93. The minimum atomic E-state index is -0.0553. The van der Waals surface area contributed by atoms with Crippen LogP contribution in [-0.2, 0) is 6.42 Å². The summed E-state index contributed by atoms with van der Waals surface area (Å²) >= 11 is 0. The first-order chi connectivity index (χ1) is 13.6. The van der Waals surface area contributed by atoms with Crippen molar-refractivity contribution in [3.8, 4) is 5.75 Å². The Morgan fingerprint density at radius 2 is 2.29 bits per heavy atom. The smallest absolute Gasteiger partial charge is 0.317 e. The van der Waals surface area contributed by atoms with E-state index in [9.17, 15) is 4.79 Å². The van der Waals surface area contributed by atoms with E-state index < -0.39 is 0 Å². The number of imidazole rings is 1. The molecule has 0 unspecified atom stereocenters. The highest BCUT2D eigenvalue weighted by Crippen LogP contribution is 2.35. The number of hydrogen-bond acceptors (Lipinski definition) is 5. The van der Waals surface area contributed by atoms with Gasteiger partial charge < -0.3 is 24.5 Å². The highest BCUT2D eigenvalue weighted by Gasteiger charge is 2.33. The zero-order valence-electron chi connectivity index (χ0n) is 16.4. The highest BCUT2D eigenvalue weighted by atomic mass is 16.5. The summed E-state index contributed by atoms with van der Waals surface area (Å²) in [7, 11) is 1.64. The van der Waals surface area contributed by atoms with Crippen molar-refractivity contribution in [2.45, 2.75) is 39.2 Å². The van der Waals surface area contributed by atoms with Gasteiger partial charge in [0.2, 0.25) is 0 Å². The molecule has 1 fully saturated rings. The van der Waals surface area contributed by atoms with E-state index in [4.69, 9.17) is 9.26 Å². The second kappa shape index (κ2) is 7.53. The number of aromatic nitrogens is 3. The quantitative estimate of drug-likeness (QED) is 0.705. The number of aryl methyl sites for hydroxylation is 2. The van der Waals surface area contributed by atoms with Crippen molar-refractivity contribution in [1.29, 1.82) is 0 Å². The molecule has 1 aliphatic rings. The van der Waals surface area contributed by atoms with Crippen LogP contribution in [0.25, 0.3) is 11.0 Å². The lowest BCUT2D eigenvalue weighted by molar-refractivity contribution is 0.192. The molecular weight excluding hydrogens is 358 g/mol. The first-order valence-electron chi connectivity index (χ1n) is 9.56. The predicted molar refractivity (Wildman–Crippen MR) is 104 cm³/mol. The fourth-order valence-corrected chi connectivity index (χ4v) is 3.95. The summed E-state index contributed by atoms with van der Waals surface area (Å²) < 4.78 is 10.5. The van der Waals surface area contributed by atoms with Gasteiger partial charge in [-0.2, -0.15) is 0 Å². The number of benzene rings is 1. The van der Waals surface area contributed by atoms with Crippen LogP contribution < -0.4 is 10.1 Å². The predicted octanol–water partition coefficient (Wildman–Crippen LogP) is 3.27. The average Bonchev–Trinajstić information content (AvgIpc) is 3.39. The average molecular weight is 383 g/mol. The molecule has 0 radical (unpaired) electrons. The van der Waals surface area contributed by atoms with Crippen LogP contribution in [0.2, 0.25) is 0 Å². The monoisotopic (exact) mass is 383 g/mol. The Morgan fingerprint density at radius 3 is 3.04 bits per heavy atom. The number of H-pyrrole nitrogens is 1. The molecule has 8 heteroatoms. The van der Waals surface area contributed by atoms with E-state index in [0.29, 0.717) is 13.0 Å². The Hall–Kier alpha value is -3.03. The second-order valence-electron chi connectivity index (χ2n) is 7.14. The summed E-state index contributed by atoms with van der Waals surface area (Å²) in [6, 6.07) is 5.70. The minimum absolute atomic E-state index is 0.0323. The molecule has 1 saturated heterocycles. The van der Waals surface area contributed by atoms with Crippen LogP contribution in [-0.4, -0.2) is 46.3 Å². The van der Waals surface area contributed by atoms with Gasteiger partial charge in [-0.15, -0.1) is 0 Å². The molecule has 1 atom stereocenters. The number of aromatic amines is 1. The molecule has 0 saturated carbocycles. The van der Waals surface area contributed by atoms with E-state index in [1.165, 1.54) is 0 Å². The number of hydrogen-bond donors (Lipinski definition) is 2. The summed E-state index contributed by atoms with van der Waals surface area (Å²) in [5.74, 6) is 2.42. The van der Waals surface area contributed by atoms with Crippen LogP contribution >= 0.6 is 0 Å². The molecule has 0 bridgehead atoms. The molecule has 1 aromatic carbocycles. The molecule has 28 heavy (non-hydrogen) atoms. The number of carbonyl (C=O) groups excluding carboxylic acids is 1. The van der Waals surface area contributed by atoms with Gasteiger partial charge in [-0.05, 0) is 38.8 Å². The van der Waals surface area contributed by atoms with Gasteiger partial charge in [0.1, 0.15) is 17.3 Å². The van der Waals surface area contributed by atoms with Gasteiger partial charge in [0.25, 0.3) is 0 Å². The van der Waals surface area contributed by atoms with Crippen molar-refractivity contribution >= 4 is 17.1 Å². The van der Waals surface area contributed by atoms with E-state index >= 15 is 0 Å². The van der Waals surface area contributed by atoms with Crippen molar-refractivity contribution in [2.24, 2.45) is 0 Å². The lowest BCUT2D eigenvalue weighted by Gasteiger charge is -2.25. The number of nitrogens with one attached hydrogen (secondary N) is 2. The van der Waals surface area contributed by atoms with E-state index in [-0.39, 0.29) is 12.1 Å². The molecule has 8 nitrogen and oxygen atoms in total. The molecule has 4 rings (SSSR count). The third-order valence-electron chi connectivity index (χ3n) is 5.31. The van der Waals surface area contributed by atoms with Gasteiger partial charge in [-0.1, -0.05) is 5.16 Å². The van der Waals surface area contributed by atoms with Gasteiger partial charge in [-0.3, -0.25) is 0 Å². The minimum Gasteiger partial charge on any atom is -0.497 e. The lowest BCUT2D eigenvalue weighted by atomic mass is 10.0. The van der Waals surface area contributed by atoms with E-state index in [1.54, 1.807) is 7.11 Å². The van der Waals surface area contributed by atoms with Crippen molar-refractivity contribution < 1.29 is 14.1 Å². The first-order valence-corrected chi connectivity index (χ1v) is 9.56. The maximum Gasteiger partial charge on any atom is 0.317 e. The highest BCUT2D eigenvalue weighted by molar-refractivity contribution is 5.77. The molecule has 0 aliphatic carbocycles. The number of fused-ring (bicyclic) bond motifs is 1. The topological polar surface area (TPSA) is 96.3 Å². The van der Waals surface area contributed by atoms with Crippen LogP contribution in [0.3, 0.4) is 0 Å². The van der Waals surface area contributed by atoms with Crippen molar-refractivity contribution in [3.05, 3.63) is 41.0 Å². The van der Waals surface area contributed by atoms with Crippen LogP contribution in [0.5, 0.6) is 5.75 Å². The summed E-state index contributed by atoms with van der Waals surface area (Å²) in [5.41, 5.74) is 3.72. The number of methoxy groups -OCH3 is 1. The number of carbonyl (C=O) groups is 1. The van der Waals surface area contributed by atoms with Gasteiger partial charge in [0.15, 0.2) is 0 Å². The third-order valence-corrected chi connectivity index (χ3v) is 5.31. The van der Waals surface area contributed by atoms with Crippen molar-refractivity contribution in [1.82, 2.24) is 25.3 Å². The number of nitrogens with zero attached hydrogens (tertiary/aromatic N) is 3. The largest absolute Gasteiger partial charge is 0.497 e. The molecule has 2 amide bonds. The molecule has 3 aromatic rings. The number of urea groups is 1. The summed E-state index contributed by atoms with van der Waals surface area (Å²) in [6.45, 7) is 5.09. The van der Waals surface area contributed by atoms with Gasteiger partial charge in [0, 0.05) is 31.1 Å². The Morgan fingerprint density at radius 1 is 1.43 bits per heavy atom. The zero-order chi connectivity index (χ0) is 19.7. The van der Waals surface area contributed by atoms with Crippen LogP contribution in [0.15, 0.2) is 22.7 Å². The van der Waals surface area contributed by atoms with Crippen molar-refractivity contribution in [2.75, 3.05) is 20.2 Å². The SMILES string of the molecule is COc1ccc2nc(CCNC(=O)N3CCC[C@@H]3c3c(C)noc3C)[nH]c2c1. The molecule has 3 heterocycles. The molecule has 148 valence electrons. The molecule has 2 N–H and O–H groups in total. The van der Waals surface area contributed by atoms with E-state index in [0.717, 1.165) is 59.0 Å². The zero-order valence-corrected chi connectivity index (χ0v) is 16.4. The molecule has 2 aromatic heterocycles. The van der Waals surface area contributed by atoms with E-state index in [1.807, 2.05) is 36.9 Å². The molecule has 1 aliphatic heterocycles. The number of rotatable bonds is 5. The van der Waals surface area contributed by atoms with Crippen LogP contribution in [0.1, 0.15) is 41.7 Å². The van der Waals surface area contributed by atoms with E-state index in [2.05, 4.69) is 20.4 Å². The normalized spacial score (nSPS) is 16.7. The van der Waals surface area contributed by atoms with Gasteiger partial charge in [-0.25, -0.2) is 9.78 Å². The Balaban J connectivity index is 1.37. The summed E-state index contributed by atoms with van der Waals surface area (Å²) in [4.78, 5) is 22.5. The number of likely N-dealkylation sites (tertiary alicyclic amines) is 1. The third kappa shape index (κ3) is 3.42. The molecule has 0 spiro atoms. The fraction of sp³-hybridized carbons (Fsp3) is 0.450.